The summed E-state index contributed by atoms with van der Waals surface area (Å²) in [6.45, 7) is 4.89. The number of nitro benzene ring substituents is 1. The SMILES string of the molecule is Cc1ccc([N+](=O)[O-])c(N)c1CN1CCC2(CCCCC2)CC1. The molecule has 0 amide bonds. The Morgan fingerprint density at radius 3 is 2.43 bits per heavy atom. The van der Waals surface area contributed by atoms with Crippen LogP contribution < -0.4 is 5.73 Å². The first-order chi connectivity index (χ1) is 11.0. The predicted octanol–water partition coefficient (Wildman–Crippen LogP) is 4.03. The third-order valence-electron chi connectivity index (χ3n) is 5.98. The van der Waals surface area contributed by atoms with Crippen molar-refractivity contribution in [2.75, 3.05) is 18.8 Å². The van der Waals surface area contributed by atoms with Gasteiger partial charge in [0, 0.05) is 12.6 Å². The van der Waals surface area contributed by atoms with Crippen molar-refractivity contribution in [3.05, 3.63) is 33.4 Å². The molecule has 0 aromatic heterocycles. The fourth-order valence-corrected chi connectivity index (χ4v) is 4.34. The number of likely N-dealkylation sites (tertiary alicyclic amines) is 1. The first kappa shape index (κ1) is 16.2. The number of nitro groups is 1. The smallest absolute Gasteiger partial charge is 0.292 e. The maximum Gasteiger partial charge on any atom is 0.292 e. The average molecular weight is 317 g/mol. The summed E-state index contributed by atoms with van der Waals surface area (Å²) in [5, 5.41) is 11.1. The highest BCUT2D eigenvalue weighted by Crippen LogP contribution is 2.44. The van der Waals surface area contributed by atoms with Crippen molar-refractivity contribution in [1.29, 1.82) is 0 Å². The van der Waals surface area contributed by atoms with Crippen LogP contribution in [0.25, 0.3) is 0 Å². The molecule has 1 aliphatic heterocycles. The lowest BCUT2D eigenvalue weighted by molar-refractivity contribution is -0.384. The molecule has 2 N–H and O–H groups in total. The van der Waals surface area contributed by atoms with E-state index in [4.69, 9.17) is 5.73 Å². The second-order valence-corrected chi connectivity index (χ2v) is 7.39. The Hall–Kier alpha value is -1.62. The number of nitrogens with two attached hydrogens (primary N) is 1. The highest BCUT2D eigenvalue weighted by molar-refractivity contribution is 5.65. The topological polar surface area (TPSA) is 72.4 Å². The largest absolute Gasteiger partial charge is 0.393 e. The number of piperidine rings is 1. The molecule has 0 unspecified atom stereocenters. The van der Waals surface area contributed by atoms with E-state index in [0.29, 0.717) is 11.1 Å². The van der Waals surface area contributed by atoms with Gasteiger partial charge in [-0.25, -0.2) is 0 Å². The number of nitrogen functional groups attached to an aromatic ring is 1. The van der Waals surface area contributed by atoms with Crippen LogP contribution in [0.2, 0.25) is 0 Å². The molecule has 5 heteroatoms. The lowest BCUT2D eigenvalue weighted by Gasteiger charge is -2.44. The van der Waals surface area contributed by atoms with E-state index in [1.165, 1.54) is 51.0 Å². The van der Waals surface area contributed by atoms with E-state index in [2.05, 4.69) is 4.90 Å². The Labute approximate surface area is 138 Å². The van der Waals surface area contributed by atoms with Gasteiger partial charge < -0.3 is 5.73 Å². The second kappa shape index (κ2) is 6.48. The third-order valence-corrected chi connectivity index (χ3v) is 5.98. The number of hydrogen-bond acceptors (Lipinski definition) is 4. The minimum absolute atomic E-state index is 0.0337. The van der Waals surface area contributed by atoms with Crippen LogP contribution in [0.5, 0.6) is 0 Å². The summed E-state index contributed by atoms with van der Waals surface area (Å²) in [4.78, 5) is 13.1. The number of rotatable bonds is 3. The molecule has 1 saturated heterocycles. The van der Waals surface area contributed by atoms with E-state index in [1.54, 1.807) is 0 Å². The molecule has 126 valence electrons. The number of aryl methyl sites for hydroxylation is 1. The minimum Gasteiger partial charge on any atom is -0.393 e. The standard InChI is InChI=1S/C18H27N3O2/c1-14-5-6-16(21(22)23)17(19)15(14)13-20-11-9-18(10-12-20)7-3-2-4-8-18/h5-6H,2-4,7-13,19H2,1H3. The van der Waals surface area contributed by atoms with Gasteiger partial charge >= 0.3 is 0 Å². The Morgan fingerprint density at radius 1 is 1.17 bits per heavy atom. The van der Waals surface area contributed by atoms with Crippen molar-refractivity contribution in [2.24, 2.45) is 5.41 Å². The summed E-state index contributed by atoms with van der Waals surface area (Å²) in [7, 11) is 0. The highest BCUT2D eigenvalue weighted by Gasteiger charge is 2.35. The van der Waals surface area contributed by atoms with Gasteiger partial charge in [0.2, 0.25) is 0 Å². The molecular formula is C18H27N3O2. The maximum atomic E-state index is 11.1. The van der Waals surface area contributed by atoms with Crippen molar-refractivity contribution in [1.82, 2.24) is 4.90 Å². The van der Waals surface area contributed by atoms with Gasteiger partial charge in [-0.3, -0.25) is 15.0 Å². The van der Waals surface area contributed by atoms with Crippen molar-refractivity contribution in [3.63, 3.8) is 0 Å². The number of nitrogens with zero attached hydrogens (tertiary/aromatic N) is 2. The number of benzene rings is 1. The highest BCUT2D eigenvalue weighted by atomic mass is 16.6. The summed E-state index contributed by atoms with van der Waals surface area (Å²) in [5.41, 5.74) is 9.00. The van der Waals surface area contributed by atoms with Crippen LogP contribution in [-0.2, 0) is 6.54 Å². The Balaban J connectivity index is 1.69. The van der Waals surface area contributed by atoms with E-state index in [1.807, 2.05) is 13.0 Å². The van der Waals surface area contributed by atoms with Gasteiger partial charge in [-0.1, -0.05) is 25.3 Å². The first-order valence-electron chi connectivity index (χ1n) is 8.75. The molecule has 5 nitrogen and oxygen atoms in total. The van der Waals surface area contributed by atoms with Crippen molar-refractivity contribution in [2.45, 2.75) is 58.4 Å². The quantitative estimate of drug-likeness (QED) is 0.519. The Morgan fingerprint density at radius 2 is 1.83 bits per heavy atom. The zero-order chi connectivity index (χ0) is 16.4. The molecule has 3 rings (SSSR count). The van der Waals surface area contributed by atoms with Gasteiger partial charge in [0.05, 0.1) is 4.92 Å². The molecule has 23 heavy (non-hydrogen) atoms. The van der Waals surface area contributed by atoms with Gasteiger partial charge in [-0.05, 0) is 62.2 Å². The van der Waals surface area contributed by atoms with Crippen LogP contribution in [0.15, 0.2) is 12.1 Å². The number of anilines is 1. The molecule has 1 aromatic rings. The van der Waals surface area contributed by atoms with E-state index in [-0.39, 0.29) is 10.6 Å². The molecule has 2 fully saturated rings. The van der Waals surface area contributed by atoms with Crippen LogP contribution in [0.4, 0.5) is 11.4 Å². The molecule has 1 spiro atoms. The van der Waals surface area contributed by atoms with Crippen molar-refractivity contribution >= 4 is 11.4 Å². The summed E-state index contributed by atoms with van der Waals surface area (Å²) in [5.74, 6) is 0. The molecule has 1 aliphatic carbocycles. The van der Waals surface area contributed by atoms with E-state index < -0.39 is 0 Å². The fourth-order valence-electron chi connectivity index (χ4n) is 4.34. The van der Waals surface area contributed by atoms with Crippen LogP contribution in [0.1, 0.15) is 56.1 Å². The summed E-state index contributed by atoms with van der Waals surface area (Å²) in [6, 6.07) is 3.33. The lowest BCUT2D eigenvalue weighted by atomic mass is 9.68. The fraction of sp³-hybridized carbons (Fsp3) is 0.667. The maximum absolute atomic E-state index is 11.1. The molecule has 0 bridgehead atoms. The van der Waals surface area contributed by atoms with Crippen LogP contribution in [0, 0.1) is 22.5 Å². The molecule has 1 saturated carbocycles. The normalized spacial score (nSPS) is 21.4. The molecule has 1 aromatic carbocycles. The molecular weight excluding hydrogens is 290 g/mol. The van der Waals surface area contributed by atoms with E-state index in [0.717, 1.165) is 30.8 Å². The van der Waals surface area contributed by atoms with Gasteiger partial charge in [0.25, 0.3) is 5.69 Å². The monoisotopic (exact) mass is 317 g/mol. The van der Waals surface area contributed by atoms with Gasteiger partial charge in [0.15, 0.2) is 0 Å². The van der Waals surface area contributed by atoms with Crippen LogP contribution in [-0.4, -0.2) is 22.9 Å². The predicted molar refractivity (Wildman–Crippen MR) is 92.3 cm³/mol. The zero-order valence-corrected chi connectivity index (χ0v) is 14.0. The summed E-state index contributed by atoms with van der Waals surface area (Å²) in [6.07, 6.45) is 9.47. The minimum atomic E-state index is -0.383. The van der Waals surface area contributed by atoms with Crippen LogP contribution in [0.3, 0.4) is 0 Å². The molecule has 1 heterocycles. The zero-order valence-electron chi connectivity index (χ0n) is 14.0. The molecule has 0 radical (unpaired) electrons. The second-order valence-electron chi connectivity index (χ2n) is 7.39. The lowest BCUT2D eigenvalue weighted by Crippen LogP contribution is -2.40. The third kappa shape index (κ3) is 3.34. The first-order valence-corrected chi connectivity index (χ1v) is 8.75. The average Bonchev–Trinajstić information content (AvgIpc) is 2.54. The summed E-state index contributed by atoms with van der Waals surface area (Å²) >= 11 is 0. The van der Waals surface area contributed by atoms with E-state index in [9.17, 15) is 10.1 Å². The molecule has 2 aliphatic rings. The summed E-state index contributed by atoms with van der Waals surface area (Å²) < 4.78 is 0. The van der Waals surface area contributed by atoms with Crippen LogP contribution >= 0.6 is 0 Å². The van der Waals surface area contributed by atoms with E-state index >= 15 is 0 Å². The van der Waals surface area contributed by atoms with Crippen molar-refractivity contribution < 1.29 is 4.92 Å². The number of hydrogen-bond donors (Lipinski definition) is 1. The Bertz CT molecular complexity index is 584. The van der Waals surface area contributed by atoms with Crippen molar-refractivity contribution in [3.8, 4) is 0 Å². The van der Waals surface area contributed by atoms with Gasteiger partial charge in [0.1, 0.15) is 5.69 Å². The molecule has 0 atom stereocenters. The Kier molecular flexibility index (Phi) is 4.57. The van der Waals surface area contributed by atoms with Gasteiger partial charge in [-0.2, -0.15) is 0 Å². The van der Waals surface area contributed by atoms with Gasteiger partial charge in [-0.15, -0.1) is 0 Å².